The number of ether oxygens (including phenoxy) is 1. The Bertz CT molecular complexity index is 530. The zero-order valence-corrected chi connectivity index (χ0v) is 9.29. The van der Waals surface area contributed by atoms with Crippen LogP contribution >= 0.6 is 0 Å². The third kappa shape index (κ3) is 1.32. The van der Waals surface area contributed by atoms with Gasteiger partial charge in [0.15, 0.2) is 0 Å². The van der Waals surface area contributed by atoms with Crippen LogP contribution in [0.3, 0.4) is 0 Å². The lowest BCUT2D eigenvalue weighted by atomic mass is 10.1. The third-order valence-electron chi connectivity index (χ3n) is 3.20. The molecule has 2 N–H and O–H groups in total. The van der Waals surface area contributed by atoms with Gasteiger partial charge in [-0.05, 0) is 38.0 Å². The lowest BCUT2D eigenvalue weighted by Crippen LogP contribution is -1.92. The minimum absolute atomic E-state index is 0.319. The molecule has 3 heteroatoms. The number of aliphatic hydroxyl groups is 1. The molecule has 16 heavy (non-hydrogen) atoms. The Morgan fingerprint density at radius 3 is 3.19 bits per heavy atom. The summed E-state index contributed by atoms with van der Waals surface area (Å²) in [6.07, 6.45) is 1.45. The summed E-state index contributed by atoms with van der Waals surface area (Å²) in [6.45, 7) is 2.64. The van der Waals surface area contributed by atoms with Crippen LogP contribution in [0.15, 0.2) is 18.2 Å². The molecule has 1 aromatic heterocycles. The Morgan fingerprint density at radius 2 is 2.38 bits per heavy atom. The van der Waals surface area contributed by atoms with Crippen LogP contribution in [0.5, 0.6) is 5.75 Å². The van der Waals surface area contributed by atoms with Gasteiger partial charge in [-0.25, -0.2) is 0 Å². The van der Waals surface area contributed by atoms with Crippen molar-refractivity contribution < 1.29 is 9.84 Å². The molecule has 0 saturated carbocycles. The first-order valence-electron chi connectivity index (χ1n) is 5.75. The Kier molecular flexibility index (Phi) is 2.14. The highest BCUT2D eigenvalue weighted by atomic mass is 16.5. The molecular weight excluding hydrogens is 202 g/mol. The van der Waals surface area contributed by atoms with E-state index >= 15 is 0 Å². The fourth-order valence-corrected chi connectivity index (χ4v) is 2.51. The number of aromatic amines is 1. The maximum Gasteiger partial charge on any atom is 0.120 e. The molecule has 0 aliphatic heterocycles. The molecule has 1 aliphatic rings. The van der Waals surface area contributed by atoms with E-state index in [0.29, 0.717) is 6.61 Å². The average molecular weight is 217 g/mol. The molecular formula is C13H15NO2. The fraction of sp³-hybridized carbons (Fsp3) is 0.385. The summed E-state index contributed by atoms with van der Waals surface area (Å²) >= 11 is 0. The largest absolute Gasteiger partial charge is 0.494 e. The minimum atomic E-state index is -0.319. The minimum Gasteiger partial charge on any atom is -0.494 e. The predicted octanol–water partition coefficient (Wildman–Crippen LogP) is 2.55. The summed E-state index contributed by atoms with van der Waals surface area (Å²) < 4.78 is 5.48. The lowest BCUT2D eigenvalue weighted by Gasteiger charge is -2.05. The molecule has 0 bridgehead atoms. The molecule has 1 aliphatic carbocycles. The molecule has 1 atom stereocenters. The van der Waals surface area contributed by atoms with Crippen LogP contribution in [0.25, 0.3) is 10.9 Å². The maximum atomic E-state index is 9.93. The summed E-state index contributed by atoms with van der Waals surface area (Å²) in [6, 6.07) is 6.00. The Labute approximate surface area is 94.0 Å². The second kappa shape index (κ2) is 3.52. The number of H-pyrrole nitrogens is 1. The Balaban J connectivity index is 2.18. The molecule has 84 valence electrons. The van der Waals surface area contributed by atoms with Crippen molar-refractivity contribution in [2.75, 3.05) is 6.61 Å². The molecule has 1 heterocycles. The van der Waals surface area contributed by atoms with Crippen molar-refractivity contribution in [2.24, 2.45) is 0 Å². The smallest absolute Gasteiger partial charge is 0.120 e. The fourth-order valence-electron chi connectivity index (χ4n) is 2.51. The van der Waals surface area contributed by atoms with Crippen LogP contribution in [-0.2, 0) is 6.42 Å². The average Bonchev–Trinajstić information content (AvgIpc) is 2.80. The van der Waals surface area contributed by atoms with Crippen LogP contribution in [0.1, 0.15) is 30.7 Å². The van der Waals surface area contributed by atoms with Gasteiger partial charge in [-0.1, -0.05) is 0 Å². The van der Waals surface area contributed by atoms with E-state index in [-0.39, 0.29) is 6.10 Å². The van der Waals surface area contributed by atoms with Gasteiger partial charge < -0.3 is 14.8 Å². The van der Waals surface area contributed by atoms with Gasteiger partial charge in [0, 0.05) is 22.2 Å². The summed E-state index contributed by atoms with van der Waals surface area (Å²) in [4.78, 5) is 3.36. The molecule has 0 radical (unpaired) electrons. The van der Waals surface area contributed by atoms with Gasteiger partial charge in [0.05, 0.1) is 12.7 Å². The molecule has 0 saturated heterocycles. The van der Waals surface area contributed by atoms with Crippen molar-refractivity contribution in [3.63, 3.8) is 0 Å². The monoisotopic (exact) mass is 217 g/mol. The number of fused-ring (bicyclic) bond motifs is 3. The van der Waals surface area contributed by atoms with Gasteiger partial charge in [0.25, 0.3) is 0 Å². The molecule has 2 aromatic rings. The lowest BCUT2D eigenvalue weighted by molar-refractivity contribution is 0.181. The van der Waals surface area contributed by atoms with E-state index in [2.05, 4.69) is 4.98 Å². The van der Waals surface area contributed by atoms with Crippen molar-refractivity contribution >= 4 is 10.9 Å². The first-order chi connectivity index (χ1) is 7.79. The highest BCUT2D eigenvalue weighted by Crippen LogP contribution is 2.38. The van der Waals surface area contributed by atoms with Crippen LogP contribution in [-0.4, -0.2) is 16.7 Å². The Morgan fingerprint density at radius 1 is 1.50 bits per heavy atom. The van der Waals surface area contributed by atoms with Gasteiger partial charge in [-0.2, -0.15) is 0 Å². The number of hydrogen-bond acceptors (Lipinski definition) is 2. The number of aromatic nitrogens is 1. The van der Waals surface area contributed by atoms with Crippen molar-refractivity contribution in [1.29, 1.82) is 0 Å². The van der Waals surface area contributed by atoms with Gasteiger partial charge >= 0.3 is 0 Å². The van der Waals surface area contributed by atoms with E-state index in [9.17, 15) is 5.11 Å². The second-order valence-electron chi connectivity index (χ2n) is 4.21. The number of aryl methyl sites for hydroxylation is 1. The van der Waals surface area contributed by atoms with Crippen LogP contribution in [0.4, 0.5) is 0 Å². The van der Waals surface area contributed by atoms with Crippen molar-refractivity contribution in [3.8, 4) is 5.75 Å². The van der Waals surface area contributed by atoms with Crippen LogP contribution in [0.2, 0.25) is 0 Å². The van der Waals surface area contributed by atoms with Crippen molar-refractivity contribution in [3.05, 3.63) is 29.5 Å². The number of rotatable bonds is 2. The number of hydrogen-bond donors (Lipinski definition) is 2. The summed E-state index contributed by atoms with van der Waals surface area (Å²) in [7, 11) is 0. The first kappa shape index (κ1) is 9.73. The van der Waals surface area contributed by atoms with E-state index in [1.807, 2.05) is 25.1 Å². The Hall–Kier alpha value is -1.48. The van der Waals surface area contributed by atoms with Gasteiger partial charge in [0.1, 0.15) is 5.75 Å². The third-order valence-corrected chi connectivity index (χ3v) is 3.20. The zero-order valence-electron chi connectivity index (χ0n) is 9.29. The van der Waals surface area contributed by atoms with E-state index < -0.39 is 0 Å². The summed E-state index contributed by atoms with van der Waals surface area (Å²) in [5, 5.41) is 11.0. The van der Waals surface area contributed by atoms with E-state index in [0.717, 1.165) is 35.1 Å². The van der Waals surface area contributed by atoms with Crippen LogP contribution in [0, 0.1) is 0 Å². The predicted molar refractivity (Wildman–Crippen MR) is 62.7 cm³/mol. The number of aliphatic hydroxyl groups excluding tert-OH is 1. The molecule has 1 aromatic carbocycles. The topological polar surface area (TPSA) is 45.2 Å². The highest BCUT2D eigenvalue weighted by molar-refractivity contribution is 5.87. The first-order valence-corrected chi connectivity index (χ1v) is 5.75. The maximum absolute atomic E-state index is 9.93. The second-order valence-corrected chi connectivity index (χ2v) is 4.21. The molecule has 0 spiro atoms. The van der Waals surface area contributed by atoms with Gasteiger partial charge in [-0.3, -0.25) is 0 Å². The molecule has 1 unspecified atom stereocenters. The summed E-state index contributed by atoms with van der Waals surface area (Å²) in [5.74, 6) is 0.871. The van der Waals surface area contributed by atoms with E-state index in [1.165, 1.54) is 5.69 Å². The van der Waals surface area contributed by atoms with E-state index in [4.69, 9.17) is 4.74 Å². The molecule has 0 fully saturated rings. The standard InChI is InChI=1S/C13H15NO2/c1-2-16-8-3-4-10-9(7-8)13-11(14-10)5-6-12(13)15/h3-4,7,12,14-15H,2,5-6H2,1H3. The number of benzene rings is 1. The quantitative estimate of drug-likeness (QED) is 0.812. The molecule has 3 nitrogen and oxygen atoms in total. The van der Waals surface area contributed by atoms with Crippen molar-refractivity contribution in [1.82, 2.24) is 4.98 Å². The normalized spacial score (nSPS) is 19.0. The zero-order chi connectivity index (χ0) is 11.1. The van der Waals surface area contributed by atoms with Gasteiger partial charge in [-0.15, -0.1) is 0 Å². The number of nitrogens with one attached hydrogen (secondary N) is 1. The summed E-state index contributed by atoms with van der Waals surface area (Å²) in [5.41, 5.74) is 3.33. The van der Waals surface area contributed by atoms with Gasteiger partial charge in [0.2, 0.25) is 0 Å². The highest BCUT2D eigenvalue weighted by Gasteiger charge is 2.25. The molecule has 3 rings (SSSR count). The van der Waals surface area contributed by atoms with Crippen LogP contribution < -0.4 is 4.74 Å². The van der Waals surface area contributed by atoms with E-state index in [1.54, 1.807) is 0 Å². The molecule has 0 amide bonds. The van der Waals surface area contributed by atoms with Crippen molar-refractivity contribution in [2.45, 2.75) is 25.9 Å². The SMILES string of the molecule is CCOc1ccc2[nH]c3c(c2c1)C(O)CC3.